The molecule has 1 saturated heterocycles. The molecule has 21 heavy (non-hydrogen) atoms. The molecule has 0 aliphatic carbocycles. The van der Waals surface area contributed by atoms with E-state index in [-0.39, 0.29) is 11.7 Å². The first-order valence-corrected chi connectivity index (χ1v) is 7.14. The van der Waals surface area contributed by atoms with Crippen molar-refractivity contribution in [2.24, 2.45) is 0 Å². The third-order valence-electron chi connectivity index (χ3n) is 3.75. The van der Waals surface area contributed by atoms with Crippen molar-refractivity contribution in [3.05, 3.63) is 41.7 Å². The minimum atomic E-state index is -0.442. The number of nitrogens with zero attached hydrogens (tertiary/aromatic N) is 2. The summed E-state index contributed by atoms with van der Waals surface area (Å²) in [6.45, 7) is 3.03. The van der Waals surface area contributed by atoms with Crippen LogP contribution in [0.2, 0.25) is 0 Å². The second kappa shape index (κ2) is 5.69. The molecule has 0 spiro atoms. The molecule has 0 bridgehead atoms. The van der Waals surface area contributed by atoms with Gasteiger partial charge < -0.3 is 14.5 Å². The molecule has 5 nitrogen and oxygen atoms in total. The number of carbonyl (C=O) groups excluding carboxylic acids is 1. The van der Waals surface area contributed by atoms with Crippen LogP contribution in [0.1, 0.15) is 29.0 Å². The van der Waals surface area contributed by atoms with Gasteiger partial charge >= 0.3 is 0 Å². The van der Waals surface area contributed by atoms with E-state index in [4.69, 9.17) is 4.52 Å². The van der Waals surface area contributed by atoms with Crippen molar-refractivity contribution in [2.45, 2.75) is 25.9 Å². The molecule has 3 rings (SSSR count). The monoisotopic (exact) mass is 286 g/mol. The summed E-state index contributed by atoms with van der Waals surface area (Å²) in [5.74, 6) is 0.0132. The molecular weight excluding hydrogens is 268 g/mol. The molecule has 1 unspecified atom stereocenters. The number of aliphatic hydroxyl groups is 1. The number of aryl methyl sites for hydroxylation is 1. The maximum atomic E-state index is 12.3. The Kier molecular flexibility index (Phi) is 3.75. The van der Waals surface area contributed by atoms with Gasteiger partial charge in [0.05, 0.1) is 6.10 Å². The minimum absolute atomic E-state index is 0.209. The lowest BCUT2D eigenvalue weighted by atomic mass is 10.1. The van der Waals surface area contributed by atoms with Crippen LogP contribution in [0.3, 0.4) is 0 Å². The lowest BCUT2D eigenvalue weighted by Crippen LogP contribution is -2.42. The Labute approximate surface area is 123 Å². The molecule has 1 aromatic heterocycles. The van der Waals surface area contributed by atoms with E-state index >= 15 is 0 Å². The van der Waals surface area contributed by atoms with E-state index < -0.39 is 6.10 Å². The first-order valence-electron chi connectivity index (χ1n) is 7.14. The first kappa shape index (κ1) is 13.8. The Morgan fingerprint density at radius 3 is 2.86 bits per heavy atom. The lowest BCUT2D eigenvalue weighted by molar-refractivity contribution is 0.0441. The zero-order valence-electron chi connectivity index (χ0n) is 12.0. The number of hydrogen-bond acceptors (Lipinski definition) is 4. The number of carbonyl (C=O) groups is 1. The number of amides is 1. The van der Waals surface area contributed by atoms with Crippen molar-refractivity contribution in [2.75, 3.05) is 13.1 Å². The Bertz CT molecular complexity index is 633. The van der Waals surface area contributed by atoms with Crippen LogP contribution in [0.5, 0.6) is 0 Å². The minimum Gasteiger partial charge on any atom is -0.391 e. The molecule has 2 heterocycles. The fourth-order valence-electron chi connectivity index (χ4n) is 2.53. The van der Waals surface area contributed by atoms with Crippen LogP contribution >= 0.6 is 0 Å². The van der Waals surface area contributed by atoms with Crippen molar-refractivity contribution >= 4 is 5.91 Å². The molecule has 0 radical (unpaired) electrons. The zero-order valence-corrected chi connectivity index (χ0v) is 12.0. The topological polar surface area (TPSA) is 66.6 Å². The molecule has 1 aliphatic rings. The van der Waals surface area contributed by atoms with Crippen molar-refractivity contribution in [1.82, 2.24) is 10.1 Å². The number of benzene rings is 1. The first-order chi connectivity index (χ1) is 10.1. The molecule has 1 atom stereocenters. The van der Waals surface area contributed by atoms with Crippen molar-refractivity contribution in [1.29, 1.82) is 0 Å². The normalized spacial score (nSPS) is 18.8. The smallest absolute Gasteiger partial charge is 0.292 e. The largest absolute Gasteiger partial charge is 0.391 e. The second-order valence-electron chi connectivity index (χ2n) is 5.49. The van der Waals surface area contributed by atoms with Crippen molar-refractivity contribution in [3.8, 4) is 11.3 Å². The van der Waals surface area contributed by atoms with Gasteiger partial charge in [0.2, 0.25) is 5.76 Å². The average molecular weight is 286 g/mol. The van der Waals surface area contributed by atoms with E-state index in [0.29, 0.717) is 18.8 Å². The second-order valence-corrected chi connectivity index (χ2v) is 5.49. The summed E-state index contributed by atoms with van der Waals surface area (Å²) in [4.78, 5) is 13.9. The quantitative estimate of drug-likeness (QED) is 0.919. The molecule has 1 amide bonds. The highest BCUT2D eigenvalue weighted by molar-refractivity contribution is 5.92. The maximum absolute atomic E-state index is 12.3. The van der Waals surface area contributed by atoms with Gasteiger partial charge in [-0.1, -0.05) is 35.0 Å². The van der Waals surface area contributed by atoms with E-state index in [1.54, 1.807) is 11.0 Å². The van der Waals surface area contributed by atoms with Gasteiger partial charge in [0.15, 0.2) is 0 Å². The highest BCUT2D eigenvalue weighted by Gasteiger charge is 2.25. The van der Waals surface area contributed by atoms with Crippen LogP contribution < -0.4 is 0 Å². The van der Waals surface area contributed by atoms with Crippen molar-refractivity contribution < 1.29 is 14.4 Å². The number of piperidine rings is 1. The van der Waals surface area contributed by atoms with Gasteiger partial charge in [-0.2, -0.15) is 0 Å². The van der Waals surface area contributed by atoms with Crippen LogP contribution in [0.4, 0.5) is 0 Å². The van der Waals surface area contributed by atoms with Gasteiger partial charge in [-0.15, -0.1) is 0 Å². The summed E-state index contributed by atoms with van der Waals surface area (Å²) in [5, 5.41) is 13.6. The highest BCUT2D eigenvalue weighted by Crippen LogP contribution is 2.21. The summed E-state index contributed by atoms with van der Waals surface area (Å²) in [6, 6.07) is 9.55. The summed E-state index contributed by atoms with van der Waals surface area (Å²) in [7, 11) is 0. The van der Waals surface area contributed by atoms with Gasteiger partial charge in [0.1, 0.15) is 5.69 Å². The summed E-state index contributed by atoms with van der Waals surface area (Å²) in [5.41, 5.74) is 2.74. The number of aromatic nitrogens is 1. The van der Waals surface area contributed by atoms with E-state index in [2.05, 4.69) is 5.16 Å². The Hall–Kier alpha value is -2.14. The fourth-order valence-corrected chi connectivity index (χ4v) is 2.53. The van der Waals surface area contributed by atoms with Gasteiger partial charge in [-0.3, -0.25) is 4.79 Å². The molecule has 110 valence electrons. The van der Waals surface area contributed by atoms with Gasteiger partial charge in [-0.05, 0) is 19.8 Å². The Morgan fingerprint density at radius 1 is 1.38 bits per heavy atom. The Morgan fingerprint density at radius 2 is 2.14 bits per heavy atom. The standard InChI is InChI=1S/C16H18N2O3/c1-11-4-6-12(7-5-11)14-9-15(21-17-14)16(20)18-8-2-3-13(19)10-18/h4-7,9,13,19H,2-3,8,10H2,1H3. The van der Waals surface area contributed by atoms with Crippen molar-refractivity contribution in [3.63, 3.8) is 0 Å². The van der Waals surface area contributed by atoms with Gasteiger partial charge in [0.25, 0.3) is 5.91 Å². The summed E-state index contributed by atoms with van der Waals surface area (Å²) in [6.07, 6.45) is 1.11. The molecule has 1 N–H and O–H groups in total. The lowest BCUT2D eigenvalue weighted by Gasteiger charge is -2.29. The van der Waals surface area contributed by atoms with E-state index in [0.717, 1.165) is 18.4 Å². The molecule has 1 aromatic carbocycles. The van der Waals surface area contributed by atoms with Crippen LogP contribution in [-0.2, 0) is 0 Å². The molecule has 2 aromatic rings. The predicted octanol–water partition coefficient (Wildman–Crippen LogP) is 2.25. The van der Waals surface area contributed by atoms with Gasteiger partial charge in [-0.25, -0.2) is 0 Å². The van der Waals surface area contributed by atoms with Crippen LogP contribution in [-0.4, -0.2) is 40.3 Å². The zero-order chi connectivity index (χ0) is 14.8. The van der Waals surface area contributed by atoms with Crippen LogP contribution in [0.15, 0.2) is 34.9 Å². The Balaban J connectivity index is 1.78. The average Bonchev–Trinajstić information content (AvgIpc) is 2.97. The molecule has 5 heteroatoms. The number of β-amino-alcohol motifs (C(OH)–C–C–N with tert-alkyl or cyclic N) is 1. The van der Waals surface area contributed by atoms with Gasteiger partial charge in [0, 0.05) is 24.7 Å². The van der Waals surface area contributed by atoms with E-state index in [1.807, 2.05) is 31.2 Å². The maximum Gasteiger partial charge on any atom is 0.292 e. The number of likely N-dealkylation sites (tertiary alicyclic amines) is 1. The molecule has 1 fully saturated rings. The highest BCUT2D eigenvalue weighted by atomic mass is 16.5. The number of rotatable bonds is 2. The molecular formula is C16H18N2O3. The van der Waals surface area contributed by atoms with E-state index in [1.165, 1.54) is 5.56 Å². The molecule has 0 saturated carbocycles. The fraction of sp³-hybridized carbons (Fsp3) is 0.375. The van der Waals surface area contributed by atoms with Crippen LogP contribution in [0.25, 0.3) is 11.3 Å². The van der Waals surface area contributed by atoms with E-state index in [9.17, 15) is 9.90 Å². The summed E-state index contributed by atoms with van der Waals surface area (Å²) < 4.78 is 5.18. The SMILES string of the molecule is Cc1ccc(-c2cc(C(=O)N3CCCC(O)C3)on2)cc1. The number of aliphatic hydroxyl groups excluding tert-OH is 1. The third kappa shape index (κ3) is 2.97. The predicted molar refractivity (Wildman–Crippen MR) is 77.8 cm³/mol. The third-order valence-corrected chi connectivity index (χ3v) is 3.75. The number of hydrogen-bond donors (Lipinski definition) is 1. The summed E-state index contributed by atoms with van der Waals surface area (Å²) >= 11 is 0. The molecule has 1 aliphatic heterocycles. The van der Waals surface area contributed by atoms with Crippen LogP contribution in [0, 0.1) is 6.92 Å².